The fourth-order valence-electron chi connectivity index (χ4n) is 2.10. The van der Waals surface area contributed by atoms with Gasteiger partial charge < -0.3 is 5.32 Å². The molecule has 1 N–H and O–H groups in total. The van der Waals surface area contributed by atoms with Crippen molar-refractivity contribution in [3.63, 3.8) is 0 Å². The van der Waals surface area contributed by atoms with Crippen LogP contribution in [0.3, 0.4) is 0 Å². The highest BCUT2D eigenvalue weighted by Crippen LogP contribution is 2.28. The van der Waals surface area contributed by atoms with Gasteiger partial charge in [-0.3, -0.25) is 4.79 Å². The highest BCUT2D eigenvalue weighted by Gasteiger charge is 2.23. The molecule has 0 aliphatic carbocycles. The van der Waals surface area contributed by atoms with Crippen molar-refractivity contribution in [2.45, 2.75) is 4.90 Å². The zero-order valence-corrected chi connectivity index (χ0v) is 16.0. The van der Waals surface area contributed by atoms with E-state index in [0.29, 0.717) is 5.13 Å². The summed E-state index contributed by atoms with van der Waals surface area (Å²) in [6, 6.07) is 8.27. The number of nitrogens with zero attached hydrogens (tertiary/aromatic N) is 2. The Morgan fingerprint density at radius 1 is 1.23 bits per heavy atom. The predicted molar refractivity (Wildman–Crippen MR) is 100 cm³/mol. The molecule has 0 bridgehead atoms. The van der Waals surface area contributed by atoms with Crippen molar-refractivity contribution in [1.29, 1.82) is 0 Å². The molecule has 0 saturated carbocycles. The number of aromatic nitrogens is 1. The van der Waals surface area contributed by atoms with Gasteiger partial charge >= 0.3 is 0 Å². The van der Waals surface area contributed by atoms with Crippen LogP contribution in [-0.2, 0) is 14.8 Å². The summed E-state index contributed by atoms with van der Waals surface area (Å²) in [5.74, 6) is -1.04. The molecule has 0 fully saturated rings. The Hall–Kier alpha value is -2.14. The molecule has 10 heteroatoms. The first kappa shape index (κ1) is 18.6. The van der Waals surface area contributed by atoms with E-state index in [1.807, 2.05) is 22.9 Å². The molecular weight excluding hydrogens is 397 g/mol. The van der Waals surface area contributed by atoms with Crippen molar-refractivity contribution in [2.75, 3.05) is 18.9 Å². The number of carbonyl (C=O) groups is 1. The van der Waals surface area contributed by atoms with Gasteiger partial charge in [-0.25, -0.2) is 17.8 Å². The molecule has 3 aromatic rings. The summed E-state index contributed by atoms with van der Waals surface area (Å²) >= 11 is 2.80. The van der Waals surface area contributed by atoms with Crippen LogP contribution in [0.4, 0.5) is 9.52 Å². The average molecular weight is 412 g/mol. The number of thiazole rings is 1. The van der Waals surface area contributed by atoms with E-state index in [0.717, 1.165) is 39.1 Å². The molecule has 0 unspecified atom stereocenters. The molecule has 6 nitrogen and oxygen atoms in total. The smallest absolute Gasteiger partial charge is 0.243 e. The van der Waals surface area contributed by atoms with Crippen LogP contribution in [0.25, 0.3) is 10.6 Å². The second-order valence-corrected chi connectivity index (χ2v) is 9.13. The van der Waals surface area contributed by atoms with Crippen LogP contribution in [0.2, 0.25) is 0 Å². The fraction of sp³-hybridized carbons (Fsp3) is 0.125. The molecular formula is C16H14FN3O3S3. The number of likely N-dealkylation sites (N-methyl/N-ethyl adjacent to an activating group) is 1. The molecule has 0 atom stereocenters. The third-order valence-corrected chi connectivity index (χ3v) is 6.88. The molecule has 0 radical (unpaired) electrons. The molecule has 0 aliphatic heterocycles. The minimum atomic E-state index is -3.88. The Labute approximate surface area is 158 Å². The van der Waals surface area contributed by atoms with Crippen molar-refractivity contribution in [3.05, 3.63) is 53.0 Å². The lowest BCUT2D eigenvalue weighted by Crippen LogP contribution is -2.34. The van der Waals surface area contributed by atoms with Crippen molar-refractivity contribution < 1.29 is 17.6 Å². The number of sulfonamides is 1. The van der Waals surface area contributed by atoms with Gasteiger partial charge in [0, 0.05) is 12.4 Å². The number of halogens is 1. The maximum Gasteiger partial charge on any atom is 0.243 e. The van der Waals surface area contributed by atoms with Crippen LogP contribution >= 0.6 is 22.7 Å². The van der Waals surface area contributed by atoms with Crippen LogP contribution in [0.15, 0.2) is 52.1 Å². The van der Waals surface area contributed by atoms with Crippen molar-refractivity contribution >= 4 is 43.7 Å². The van der Waals surface area contributed by atoms with E-state index in [2.05, 4.69) is 10.3 Å². The van der Waals surface area contributed by atoms with E-state index in [1.54, 1.807) is 0 Å². The predicted octanol–water partition coefficient (Wildman–Crippen LogP) is 3.27. The van der Waals surface area contributed by atoms with Gasteiger partial charge in [-0.15, -0.1) is 22.7 Å². The van der Waals surface area contributed by atoms with E-state index in [-0.39, 0.29) is 11.4 Å². The van der Waals surface area contributed by atoms with E-state index in [9.17, 15) is 17.6 Å². The number of nitrogens with one attached hydrogen (secondary N) is 1. The molecule has 2 heterocycles. The number of thiophene rings is 1. The van der Waals surface area contributed by atoms with Gasteiger partial charge in [-0.1, -0.05) is 6.07 Å². The van der Waals surface area contributed by atoms with Crippen LogP contribution < -0.4 is 5.32 Å². The first-order valence-electron chi connectivity index (χ1n) is 7.37. The third kappa shape index (κ3) is 4.15. The standard InChI is InChI=1S/C16H14FN3O3S3/c1-20(26(22,23)12-6-4-11(17)5-7-12)9-15(21)19-16-18-13(10-25-16)14-3-2-8-24-14/h2-8,10H,9H2,1H3,(H,18,19,21). The molecule has 26 heavy (non-hydrogen) atoms. The first-order chi connectivity index (χ1) is 12.4. The molecule has 1 amide bonds. The maximum atomic E-state index is 13.0. The quantitative estimate of drug-likeness (QED) is 0.675. The van der Waals surface area contributed by atoms with Crippen LogP contribution in [0.1, 0.15) is 0 Å². The monoisotopic (exact) mass is 411 g/mol. The average Bonchev–Trinajstić information content (AvgIpc) is 3.26. The summed E-state index contributed by atoms with van der Waals surface area (Å²) < 4.78 is 38.7. The summed E-state index contributed by atoms with van der Waals surface area (Å²) in [5, 5.41) is 6.74. The van der Waals surface area contributed by atoms with E-state index in [4.69, 9.17) is 0 Å². The summed E-state index contributed by atoms with van der Waals surface area (Å²) in [7, 11) is -2.59. The Morgan fingerprint density at radius 2 is 1.96 bits per heavy atom. The summed E-state index contributed by atoms with van der Waals surface area (Å²) in [6.07, 6.45) is 0. The van der Waals surface area contributed by atoms with Crippen LogP contribution in [0.5, 0.6) is 0 Å². The lowest BCUT2D eigenvalue weighted by Gasteiger charge is -2.16. The minimum absolute atomic E-state index is 0.0802. The highest BCUT2D eigenvalue weighted by atomic mass is 32.2. The zero-order chi connectivity index (χ0) is 18.7. The maximum absolute atomic E-state index is 13.0. The van der Waals surface area contributed by atoms with Gasteiger partial charge in [0.2, 0.25) is 15.9 Å². The molecule has 3 rings (SSSR count). The minimum Gasteiger partial charge on any atom is -0.301 e. The number of carbonyl (C=O) groups excluding carboxylic acids is 1. The van der Waals surface area contributed by atoms with Gasteiger partial charge in [0.1, 0.15) is 5.82 Å². The van der Waals surface area contributed by atoms with Gasteiger partial charge in [0.05, 0.1) is 22.0 Å². The van der Waals surface area contributed by atoms with Crippen molar-refractivity contribution in [3.8, 4) is 10.6 Å². The largest absolute Gasteiger partial charge is 0.301 e. The van der Waals surface area contributed by atoms with Gasteiger partial charge in [0.25, 0.3) is 0 Å². The molecule has 0 aliphatic rings. The van der Waals surface area contributed by atoms with Crippen LogP contribution in [0, 0.1) is 5.82 Å². The van der Waals surface area contributed by atoms with E-state index in [1.165, 1.54) is 29.7 Å². The van der Waals surface area contributed by atoms with Gasteiger partial charge in [-0.05, 0) is 35.7 Å². The molecule has 1 aromatic carbocycles. The number of benzene rings is 1. The number of rotatable bonds is 6. The number of amides is 1. The molecule has 2 aromatic heterocycles. The summed E-state index contributed by atoms with van der Waals surface area (Å²) in [6.45, 7) is -0.381. The number of anilines is 1. The van der Waals surface area contributed by atoms with Crippen LogP contribution in [-0.4, -0.2) is 37.2 Å². The Balaban J connectivity index is 1.65. The molecule has 136 valence electrons. The second kappa shape index (κ2) is 7.62. The second-order valence-electron chi connectivity index (χ2n) is 5.28. The Bertz CT molecular complexity index is 999. The lowest BCUT2D eigenvalue weighted by atomic mass is 10.4. The Morgan fingerprint density at radius 3 is 2.62 bits per heavy atom. The van der Waals surface area contributed by atoms with E-state index < -0.39 is 21.7 Å². The zero-order valence-electron chi connectivity index (χ0n) is 13.5. The van der Waals surface area contributed by atoms with Gasteiger partial charge in [0.15, 0.2) is 5.13 Å². The summed E-state index contributed by atoms with van der Waals surface area (Å²) in [5.41, 5.74) is 0.757. The lowest BCUT2D eigenvalue weighted by molar-refractivity contribution is -0.116. The fourth-order valence-corrected chi connectivity index (χ4v) is 4.72. The topological polar surface area (TPSA) is 79.4 Å². The third-order valence-electron chi connectivity index (χ3n) is 3.41. The molecule has 0 spiro atoms. The molecule has 0 saturated heterocycles. The SMILES string of the molecule is CN(CC(=O)Nc1nc(-c2cccs2)cs1)S(=O)(=O)c1ccc(F)cc1. The van der Waals surface area contributed by atoms with E-state index >= 15 is 0 Å². The first-order valence-corrected chi connectivity index (χ1v) is 10.6. The normalized spacial score (nSPS) is 11.7. The highest BCUT2D eigenvalue weighted by molar-refractivity contribution is 7.89. The van der Waals surface area contributed by atoms with Crippen molar-refractivity contribution in [1.82, 2.24) is 9.29 Å². The summed E-state index contributed by atoms with van der Waals surface area (Å²) in [4.78, 5) is 17.4. The van der Waals surface area contributed by atoms with Crippen molar-refractivity contribution in [2.24, 2.45) is 0 Å². The number of hydrogen-bond acceptors (Lipinski definition) is 6. The Kier molecular flexibility index (Phi) is 5.47. The van der Waals surface area contributed by atoms with Gasteiger partial charge in [-0.2, -0.15) is 4.31 Å². The number of hydrogen-bond donors (Lipinski definition) is 1.